The van der Waals surface area contributed by atoms with Crippen LogP contribution in [0.3, 0.4) is 0 Å². The van der Waals surface area contributed by atoms with Crippen molar-refractivity contribution in [2.45, 2.75) is 37.8 Å². The first kappa shape index (κ1) is 20.8. The number of nitrogens with two attached hydrogens (primary N) is 2. The Morgan fingerprint density at radius 2 is 1.94 bits per heavy atom. The number of aromatic nitrogens is 5. The Morgan fingerprint density at radius 1 is 1.09 bits per heavy atom. The lowest BCUT2D eigenvalue weighted by atomic mass is 9.91. The van der Waals surface area contributed by atoms with Crippen molar-refractivity contribution in [2.24, 2.45) is 11.5 Å². The lowest BCUT2D eigenvalue weighted by Crippen LogP contribution is -2.43. The highest BCUT2D eigenvalue weighted by molar-refractivity contribution is 5.98. The molecule has 0 aliphatic heterocycles. The van der Waals surface area contributed by atoms with Gasteiger partial charge in [0.1, 0.15) is 16.9 Å². The standard InChI is InChI=1S/C23H25N9O/c24-17-8-1-2-9-18(17)28-23-26-13-16(21(25)33)22(29-23)27-14-6-5-7-15(12-14)32-20-11-4-3-10-19(20)30-31-32/h3-7,10-13,17-18H,1-2,8-9,24H2,(H2,25,33)(H2,26,27,28,29)/t17-,18+/m0/s1. The van der Waals surface area contributed by atoms with Crippen molar-refractivity contribution < 1.29 is 4.79 Å². The topological polar surface area (TPSA) is 150 Å². The van der Waals surface area contributed by atoms with Gasteiger partial charge in [-0.25, -0.2) is 9.67 Å². The molecule has 4 aromatic rings. The largest absolute Gasteiger partial charge is 0.365 e. The first-order chi connectivity index (χ1) is 16.1. The van der Waals surface area contributed by atoms with Crippen LogP contribution in [0.25, 0.3) is 16.7 Å². The molecule has 2 aromatic heterocycles. The average molecular weight is 444 g/mol. The van der Waals surface area contributed by atoms with Crippen LogP contribution in [0.2, 0.25) is 0 Å². The zero-order valence-corrected chi connectivity index (χ0v) is 18.0. The second-order valence-corrected chi connectivity index (χ2v) is 8.18. The maximum absolute atomic E-state index is 12.0. The van der Waals surface area contributed by atoms with Crippen molar-refractivity contribution >= 4 is 34.4 Å². The maximum Gasteiger partial charge on any atom is 0.254 e. The number of carbonyl (C=O) groups is 1. The molecule has 1 aliphatic rings. The van der Waals surface area contributed by atoms with Gasteiger partial charge in [0.25, 0.3) is 5.91 Å². The predicted octanol–water partition coefficient (Wildman–Crippen LogP) is 2.73. The van der Waals surface area contributed by atoms with E-state index in [1.165, 1.54) is 6.20 Å². The van der Waals surface area contributed by atoms with Gasteiger partial charge in [-0.15, -0.1) is 5.10 Å². The molecule has 6 N–H and O–H groups in total. The molecule has 1 amide bonds. The van der Waals surface area contributed by atoms with Crippen LogP contribution >= 0.6 is 0 Å². The third-order valence-electron chi connectivity index (χ3n) is 5.89. The monoisotopic (exact) mass is 443 g/mol. The van der Waals surface area contributed by atoms with E-state index in [1.54, 1.807) is 4.68 Å². The van der Waals surface area contributed by atoms with E-state index in [0.717, 1.165) is 42.4 Å². The van der Waals surface area contributed by atoms with Crippen molar-refractivity contribution in [3.8, 4) is 5.69 Å². The van der Waals surface area contributed by atoms with E-state index in [1.807, 2.05) is 48.5 Å². The molecule has 2 heterocycles. The molecule has 5 rings (SSSR count). The number of nitrogens with zero attached hydrogens (tertiary/aromatic N) is 5. The van der Waals surface area contributed by atoms with E-state index >= 15 is 0 Å². The van der Waals surface area contributed by atoms with Gasteiger partial charge in [0.05, 0.1) is 11.2 Å². The summed E-state index contributed by atoms with van der Waals surface area (Å²) in [5.41, 5.74) is 15.2. The molecular formula is C23H25N9O. The minimum atomic E-state index is -0.614. The summed E-state index contributed by atoms with van der Waals surface area (Å²) in [7, 11) is 0. The zero-order chi connectivity index (χ0) is 22.8. The number of primary amides is 1. The Labute approximate surface area is 190 Å². The normalized spacial score (nSPS) is 18.2. The number of anilines is 3. The van der Waals surface area contributed by atoms with E-state index in [2.05, 4.69) is 30.9 Å². The molecule has 10 nitrogen and oxygen atoms in total. The molecule has 33 heavy (non-hydrogen) atoms. The Bertz CT molecular complexity index is 1300. The fourth-order valence-electron chi connectivity index (χ4n) is 4.14. The van der Waals surface area contributed by atoms with Crippen molar-refractivity contribution in [1.29, 1.82) is 0 Å². The highest BCUT2D eigenvalue weighted by Gasteiger charge is 2.23. The molecule has 0 radical (unpaired) electrons. The molecular weight excluding hydrogens is 418 g/mol. The Hall–Kier alpha value is -4.05. The fourth-order valence-corrected chi connectivity index (χ4v) is 4.14. The summed E-state index contributed by atoms with van der Waals surface area (Å²) in [6, 6.07) is 15.5. The molecule has 2 aromatic carbocycles. The number of hydrogen-bond donors (Lipinski definition) is 4. The van der Waals surface area contributed by atoms with Crippen LogP contribution < -0.4 is 22.1 Å². The highest BCUT2D eigenvalue weighted by atomic mass is 16.1. The molecule has 0 spiro atoms. The van der Waals surface area contributed by atoms with Crippen LogP contribution in [-0.2, 0) is 0 Å². The number of fused-ring (bicyclic) bond motifs is 1. The van der Waals surface area contributed by atoms with Gasteiger partial charge in [-0.2, -0.15) is 4.98 Å². The van der Waals surface area contributed by atoms with Gasteiger partial charge in [-0.05, 0) is 43.2 Å². The van der Waals surface area contributed by atoms with Gasteiger partial charge in [0.2, 0.25) is 5.95 Å². The van der Waals surface area contributed by atoms with Crippen LogP contribution in [0.1, 0.15) is 36.0 Å². The predicted molar refractivity (Wildman–Crippen MR) is 127 cm³/mol. The molecule has 10 heteroatoms. The van der Waals surface area contributed by atoms with Crippen LogP contribution in [0, 0.1) is 0 Å². The summed E-state index contributed by atoms with van der Waals surface area (Å²) in [6.45, 7) is 0. The Balaban J connectivity index is 1.44. The van der Waals surface area contributed by atoms with Crippen molar-refractivity contribution in [3.63, 3.8) is 0 Å². The van der Waals surface area contributed by atoms with Gasteiger partial charge in [0.15, 0.2) is 0 Å². The number of amides is 1. The fraction of sp³-hybridized carbons (Fsp3) is 0.261. The van der Waals surface area contributed by atoms with Crippen LogP contribution in [0.5, 0.6) is 0 Å². The number of carbonyl (C=O) groups excluding carboxylic acids is 1. The van der Waals surface area contributed by atoms with Gasteiger partial charge in [-0.1, -0.05) is 36.3 Å². The third kappa shape index (κ3) is 4.33. The number of rotatable bonds is 6. The summed E-state index contributed by atoms with van der Waals surface area (Å²) in [6.07, 6.45) is 5.60. The Morgan fingerprint density at radius 3 is 2.79 bits per heavy atom. The first-order valence-electron chi connectivity index (χ1n) is 11.0. The zero-order valence-electron chi connectivity index (χ0n) is 18.0. The van der Waals surface area contributed by atoms with Crippen LogP contribution in [0.4, 0.5) is 17.5 Å². The second-order valence-electron chi connectivity index (χ2n) is 8.18. The maximum atomic E-state index is 12.0. The third-order valence-corrected chi connectivity index (χ3v) is 5.89. The average Bonchev–Trinajstić information content (AvgIpc) is 3.25. The van der Waals surface area contributed by atoms with Crippen LogP contribution in [-0.4, -0.2) is 43.0 Å². The van der Waals surface area contributed by atoms with E-state index in [9.17, 15) is 4.79 Å². The Kier molecular flexibility index (Phi) is 5.57. The SMILES string of the molecule is NC(=O)c1cnc(N[C@@H]2CCCC[C@@H]2N)nc1Nc1cccc(-n2nnc3ccccc32)c1. The number of nitrogens with one attached hydrogen (secondary N) is 2. The molecule has 1 saturated carbocycles. The summed E-state index contributed by atoms with van der Waals surface area (Å²) in [5, 5.41) is 15.0. The van der Waals surface area contributed by atoms with E-state index in [0.29, 0.717) is 17.5 Å². The smallest absolute Gasteiger partial charge is 0.254 e. The number of para-hydroxylation sites is 1. The molecule has 0 unspecified atom stereocenters. The van der Waals surface area contributed by atoms with E-state index < -0.39 is 5.91 Å². The second kappa shape index (κ2) is 8.83. The summed E-state index contributed by atoms with van der Waals surface area (Å²) < 4.78 is 1.76. The van der Waals surface area contributed by atoms with Crippen molar-refractivity contribution in [2.75, 3.05) is 10.6 Å². The van der Waals surface area contributed by atoms with Crippen molar-refractivity contribution in [3.05, 3.63) is 60.3 Å². The van der Waals surface area contributed by atoms with Gasteiger partial charge < -0.3 is 22.1 Å². The lowest BCUT2D eigenvalue weighted by Gasteiger charge is -2.29. The van der Waals surface area contributed by atoms with E-state index in [-0.39, 0.29) is 17.6 Å². The molecule has 168 valence electrons. The first-order valence-corrected chi connectivity index (χ1v) is 11.0. The van der Waals surface area contributed by atoms with E-state index in [4.69, 9.17) is 11.5 Å². The highest BCUT2D eigenvalue weighted by Crippen LogP contribution is 2.25. The minimum Gasteiger partial charge on any atom is -0.365 e. The lowest BCUT2D eigenvalue weighted by molar-refractivity contribution is 0.100. The summed E-state index contributed by atoms with van der Waals surface area (Å²) >= 11 is 0. The number of benzene rings is 2. The molecule has 1 aliphatic carbocycles. The van der Waals surface area contributed by atoms with Gasteiger partial charge in [0, 0.05) is 24.0 Å². The molecule has 2 atom stereocenters. The summed E-state index contributed by atoms with van der Waals surface area (Å²) in [5.74, 6) is 0.116. The van der Waals surface area contributed by atoms with Crippen LogP contribution in [0.15, 0.2) is 54.7 Å². The minimum absolute atomic E-state index is 0.0451. The van der Waals surface area contributed by atoms with Crippen molar-refractivity contribution in [1.82, 2.24) is 25.0 Å². The van der Waals surface area contributed by atoms with Gasteiger partial charge >= 0.3 is 0 Å². The molecule has 1 fully saturated rings. The molecule has 0 saturated heterocycles. The molecule has 0 bridgehead atoms. The van der Waals surface area contributed by atoms with Gasteiger partial charge in [-0.3, -0.25) is 4.79 Å². The number of hydrogen-bond acceptors (Lipinski definition) is 8. The summed E-state index contributed by atoms with van der Waals surface area (Å²) in [4.78, 5) is 20.8. The quantitative estimate of drug-likeness (QED) is 0.355.